The van der Waals surface area contributed by atoms with Crippen LogP contribution in [-0.2, 0) is 0 Å². The number of carbonyl (C=O) groups excluding carboxylic acids is 1. The monoisotopic (exact) mass is 391 g/mol. The van der Waals surface area contributed by atoms with Gasteiger partial charge in [-0.3, -0.25) is 9.69 Å². The van der Waals surface area contributed by atoms with Gasteiger partial charge in [-0.1, -0.05) is 12.1 Å². The van der Waals surface area contributed by atoms with E-state index in [0.29, 0.717) is 24.4 Å². The first-order chi connectivity index (χ1) is 13.4. The van der Waals surface area contributed by atoms with Gasteiger partial charge in [-0.05, 0) is 37.6 Å². The van der Waals surface area contributed by atoms with Crippen LogP contribution in [0.15, 0.2) is 42.5 Å². The largest absolute Gasteiger partial charge is 0.490 e. The Morgan fingerprint density at radius 3 is 2.79 bits per heavy atom. The summed E-state index contributed by atoms with van der Waals surface area (Å²) >= 11 is 0. The van der Waals surface area contributed by atoms with Gasteiger partial charge >= 0.3 is 0 Å². The van der Waals surface area contributed by atoms with Crippen LogP contribution in [-0.4, -0.2) is 54.2 Å². The molecule has 3 rings (SSSR count). The fraction of sp³-hybridized carbons (Fsp3) is 0.381. The minimum Gasteiger partial charge on any atom is -0.490 e. The number of nitrogens with zero attached hydrogens (tertiary/aromatic N) is 1. The number of hydrogen-bond donors (Lipinski definition) is 1. The van der Waals surface area contributed by atoms with E-state index in [-0.39, 0.29) is 24.2 Å². The van der Waals surface area contributed by atoms with Gasteiger partial charge in [-0.15, -0.1) is 0 Å². The molecular formula is C21H23F2NO4. The SMILES string of the molecule is CC(=O)c1ccccc1OCC(O)CN1CCC(Oc2ccc(F)c(F)c2)C1. The van der Waals surface area contributed by atoms with Crippen molar-refractivity contribution in [2.24, 2.45) is 0 Å². The second kappa shape index (κ2) is 9.12. The molecule has 150 valence electrons. The molecule has 7 heteroatoms. The lowest BCUT2D eigenvalue weighted by Crippen LogP contribution is -2.35. The van der Waals surface area contributed by atoms with Gasteiger partial charge in [0.1, 0.15) is 30.3 Å². The number of aliphatic hydroxyl groups is 1. The number of ketones is 1. The number of ether oxygens (including phenoxy) is 2. The third kappa shape index (κ3) is 5.27. The Morgan fingerprint density at radius 1 is 1.25 bits per heavy atom. The van der Waals surface area contributed by atoms with E-state index < -0.39 is 17.7 Å². The van der Waals surface area contributed by atoms with Crippen LogP contribution in [0.1, 0.15) is 23.7 Å². The van der Waals surface area contributed by atoms with E-state index in [9.17, 15) is 18.7 Å². The minimum absolute atomic E-state index is 0.0650. The van der Waals surface area contributed by atoms with Crippen molar-refractivity contribution in [3.8, 4) is 11.5 Å². The van der Waals surface area contributed by atoms with Crippen molar-refractivity contribution in [2.75, 3.05) is 26.2 Å². The van der Waals surface area contributed by atoms with Crippen LogP contribution in [0.25, 0.3) is 0 Å². The highest BCUT2D eigenvalue weighted by molar-refractivity contribution is 5.96. The van der Waals surface area contributed by atoms with Crippen molar-refractivity contribution in [1.82, 2.24) is 4.90 Å². The molecule has 0 aliphatic carbocycles. The van der Waals surface area contributed by atoms with Gasteiger partial charge in [0, 0.05) is 25.7 Å². The summed E-state index contributed by atoms with van der Waals surface area (Å²) in [4.78, 5) is 13.6. The molecule has 2 aromatic rings. The normalized spacial score (nSPS) is 18.1. The molecule has 0 amide bonds. The van der Waals surface area contributed by atoms with E-state index in [0.717, 1.165) is 25.1 Å². The van der Waals surface area contributed by atoms with Crippen LogP contribution in [0.4, 0.5) is 8.78 Å². The lowest BCUT2D eigenvalue weighted by molar-refractivity contribution is 0.0711. The summed E-state index contributed by atoms with van der Waals surface area (Å²) in [6, 6.07) is 10.4. The second-order valence-corrected chi connectivity index (χ2v) is 6.88. The van der Waals surface area contributed by atoms with Crippen molar-refractivity contribution in [1.29, 1.82) is 0 Å². The molecule has 0 spiro atoms. The molecule has 1 heterocycles. The third-order valence-electron chi connectivity index (χ3n) is 4.59. The van der Waals surface area contributed by atoms with E-state index in [1.807, 2.05) is 4.90 Å². The summed E-state index contributed by atoms with van der Waals surface area (Å²) in [6.07, 6.45) is -0.168. The first-order valence-electron chi connectivity index (χ1n) is 9.17. The van der Waals surface area contributed by atoms with Crippen LogP contribution >= 0.6 is 0 Å². The van der Waals surface area contributed by atoms with Crippen molar-refractivity contribution in [2.45, 2.75) is 25.6 Å². The average Bonchev–Trinajstić information content (AvgIpc) is 3.10. The lowest BCUT2D eigenvalue weighted by Gasteiger charge is -2.21. The van der Waals surface area contributed by atoms with Crippen LogP contribution in [0.5, 0.6) is 11.5 Å². The Kier molecular flexibility index (Phi) is 6.59. The highest BCUT2D eigenvalue weighted by atomic mass is 19.2. The number of benzene rings is 2. The molecule has 5 nitrogen and oxygen atoms in total. The van der Waals surface area contributed by atoms with Gasteiger partial charge in [0.15, 0.2) is 17.4 Å². The van der Waals surface area contributed by atoms with Crippen molar-refractivity contribution < 1.29 is 28.2 Å². The fourth-order valence-electron chi connectivity index (χ4n) is 3.22. The van der Waals surface area contributed by atoms with Gasteiger partial charge in [0.05, 0.1) is 5.56 Å². The first kappa shape index (κ1) is 20.2. The van der Waals surface area contributed by atoms with Crippen LogP contribution < -0.4 is 9.47 Å². The fourth-order valence-corrected chi connectivity index (χ4v) is 3.22. The summed E-state index contributed by atoms with van der Waals surface area (Å²) in [5, 5.41) is 10.3. The molecule has 1 fully saturated rings. The van der Waals surface area contributed by atoms with Crippen molar-refractivity contribution in [3.05, 3.63) is 59.7 Å². The second-order valence-electron chi connectivity index (χ2n) is 6.88. The summed E-state index contributed by atoms with van der Waals surface area (Å²) in [5.41, 5.74) is 0.482. The molecule has 0 radical (unpaired) electrons. The number of hydrogen-bond acceptors (Lipinski definition) is 5. The molecule has 2 atom stereocenters. The number of halogens is 2. The van der Waals surface area contributed by atoms with Crippen molar-refractivity contribution >= 4 is 5.78 Å². The van der Waals surface area contributed by atoms with Gasteiger partial charge in [0.25, 0.3) is 0 Å². The molecule has 1 aliphatic heterocycles. The number of para-hydroxylation sites is 1. The Labute approximate surface area is 162 Å². The smallest absolute Gasteiger partial charge is 0.163 e. The Bertz CT molecular complexity index is 830. The molecule has 28 heavy (non-hydrogen) atoms. The van der Waals surface area contributed by atoms with Gasteiger partial charge in [-0.25, -0.2) is 8.78 Å². The van der Waals surface area contributed by atoms with E-state index >= 15 is 0 Å². The standard InChI is InChI=1S/C21H23F2NO4/c1-14(25)18-4-2-3-5-21(18)27-13-15(26)11-24-9-8-17(12-24)28-16-6-7-19(22)20(23)10-16/h2-7,10,15,17,26H,8-9,11-13H2,1H3. The summed E-state index contributed by atoms with van der Waals surface area (Å²) in [7, 11) is 0. The number of carbonyl (C=O) groups is 1. The van der Waals surface area contributed by atoms with E-state index in [4.69, 9.17) is 9.47 Å². The topological polar surface area (TPSA) is 59.0 Å². The average molecular weight is 391 g/mol. The number of aliphatic hydroxyl groups excluding tert-OH is 1. The zero-order valence-electron chi connectivity index (χ0n) is 15.6. The molecule has 0 bridgehead atoms. The van der Waals surface area contributed by atoms with Gasteiger partial charge < -0.3 is 14.6 Å². The Hall–Kier alpha value is -2.51. The highest BCUT2D eigenvalue weighted by Crippen LogP contribution is 2.21. The van der Waals surface area contributed by atoms with Crippen LogP contribution in [0, 0.1) is 11.6 Å². The molecule has 0 saturated carbocycles. The molecule has 1 aliphatic rings. The highest BCUT2D eigenvalue weighted by Gasteiger charge is 2.26. The summed E-state index contributed by atoms with van der Waals surface area (Å²) < 4.78 is 37.6. The maximum Gasteiger partial charge on any atom is 0.163 e. The zero-order chi connectivity index (χ0) is 20.1. The molecule has 0 aromatic heterocycles. The maximum atomic E-state index is 13.3. The number of rotatable bonds is 8. The lowest BCUT2D eigenvalue weighted by atomic mass is 10.1. The summed E-state index contributed by atoms with van der Waals surface area (Å²) in [6.45, 7) is 3.21. The zero-order valence-corrected chi connectivity index (χ0v) is 15.6. The number of Topliss-reactive ketones (excluding diaryl/α,β-unsaturated/α-hetero) is 1. The first-order valence-corrected chi connectivity index (χ1v) is 9.17. The maximum absolute atomic E-state index is 13.3. The molecular weight excluding hydrogens is 368 g/mol. The molecule has 1 saturated heterocycles. The Balaban J connectivity index is 1.46. The van der Waals surface area contributed by atoms with E-state index in [1.54, 1.807) is 24.3 Å². The Morgan fingerprint density at radius 2 is 2.04 bits per heavy atom. The summed E-state index contributed by atoms with van der Waals surface area (Å²) in [5.74, 6) is -1.20. The van der Waals surface area contributed by atoms with Crippen molar-refractivity contribution in [3.63, 3.8) is 0 Å². The predicted octanol–water partition coefficient (Wildman–Crippen LogP) is 3.06. The van der Waals surface area contributed by atoms with Crippen LogP contribution in [0.3, 0.4) is 0 Å². The van der Waals surface area contributed by atoms with Crippen LogP contribution in [0.2, 0.25) is 0 Å². The number of β-amino-alcohol motifs (C(OH)–C–C–N with tert-alkyl or cyclic N) is 1. The molecule has 1 N–H and O–H groups in total. The van der Waals surface area contributed by atoms with Gasteiger partial charge in [0.2, 0.25) is 0 Å². The van der Waals surface area contributed by atoms with E-state index in [2.05, 4.69) is 0 Å². The molecule has 2 aromatic carbocycles. The predicted molar refractivity (Wildman–Crippen MR) is 99.8 cm³/mol. The third-order valence-corrected chi connectivity index (χ3v) is 4.59. The van der Waals surface area contributed by atoms with E-state index in [1.165, 1.54) is 13.0 Å². The molecule has 2 unspecified atom stereocenters. The number of likely N-dealkylation sites (tertiary alicyclic amines) is 1. The minimum atomic E-state index is -0.939. The van der Waals surface area contributed by atoms with Gasteiger partial charge in [-0.2, -0.15) is 0 Å². The quantitative estimate of drug-likeness (QED) is 0.701.